The third kappa shape index (κ3) is 5.13. The summed E-state index contributed by atoms with van der Waals surface area (Å²) in [6.45, 7) is 14.0. The van der Waals surface area contributed by atoms with Gasteiger partial charge in [-0.05, 0) is 41.5 Å². The van der Waals surface area contributed by atoms with Gasteiger partial charge in [0.15, 0.2) is 22.5 Å². The van der Waals surface area contributed by atoms with Crippen LogP contribution in [0.15, 0.2) is 34.4 Å². The summed E-state index contributed by atoms with van der Waals surface area (Å²) in [5.41, 5.74) is 9.39. The maximum atomic E-state index is 6.16. The molecule has 172 valence electrons. The molecule has 4 rings (SSSR count). The van der Waals surface area contributed by atoms with Gasteiger partial charge >= 0.3 is 0 Å². The van der Waals surface area contributed by atoms with Gasteiger partial charge in [0, 0.05) is 30.7 Å². The van der Waals surface area contributed by atoms with Gasteiger partial charge in [-0.2, -0.15) is 0 Å². The standard InChI is InChI=1S/C24H33N5O2S/c1-15(2)10-16-11-18-19(31-14-30-18)12-20(16)32-23-28-21-17(6-7-27-22(21)25)29(23)9-8-26-13-24(3,4)5/h6-7,11-12,15,26H,8-10,13-14H2,1-5H3,(H2,25,27). The van der Waals surface area contributed by atoms with Crippen molar-refractivity contribution in [2.75, 3.05) is 25.6 Å². The smallest absolute Gasteiger partial charge is 0.231 e. The number of hydrogen-bond acceptors (Lipinski definition) is 7. The zero-order valence-electron chi connectivity index (χ0n) is 19.6. The average Bonchev–Trinajstić information content (AvgIpc) is 3.29. The van der Waals surface area contributed by atoms with E-state index in [0.717, 1.165) is 58.6 Å². The number of nitrogens with zero attached hydrogens (tertiary/aromatic N) is 3. The number of hydrogen-bond donors (Lipinski definition) is 2. The van der Waals surface area contributed by atoms with E-state index in [-0.39, 0.29) is 12.2 Å². The van der Waals surface area contributed by atoms with Gasteiger partial charge in [-0.1, -0.05) is 46.4 Å². The molecule has 3 heterocycles. The minimum Gasteiger partial charge on any atom is -0.454 e. The Morgan fingerprint density at radius 1 is 1.22 bits per heavy atom. The van der Waals surface area contributed by atoms with Crippen molar-refractivity contribution in [1.82, 2.24) is 19.9 Å². The summed E-state index contributed by atoms with van der Waals surface area (Å²) in [7, 11) is 0. The topological polar surface area (TPSA) is 87.2 Å². The molecule has 0 aliphatic carbocycles. The number of aromatic nitrogens is 3. The van der Waals surface area contributed by atoms with Gasteiger partial charge in [0.05, 0.1) is 5.52 Å². The largest absolute Gasteiger partial charge is 0.454 e. The molecule has 0 unspecified atom stereocenters. The Morgan fingerprint density at radius 2 is 1.97 bits per heavy atom. The molecule has 0 radical (unpaired) electrons. The monoisotopic (exact) mass is 455 g/mol. The summed E-state index contributed by atoms with van der Waals surface area (Å²) in [6.07, 6.45) is 2.70. The van der Waals surface area contributed by atoms with Crippen molar-refractivity contribution in [3.05, 3.63) is 30.0 Å². The first kappa shape index (κ1) is 22.7. The zero-order valence-corrected chi connectivity index (χ0v) is 20.4. The molecule has 1 aliphatic heterocycles. The fourth-order valence-electron chi connectivity index (χ4n) is 3.76. The Kier molecular flexibility index (Phi) is 6.53. The van der Waals surface area contributed by atoms with Crippen LogP contribution < -0.4 is 20.5 Å². The molecule has 0 bridgehead atoms. The lowest BCUT2D eigenvalue weighted by atomic mass is 9.97. The van der Waals surface area contributed by atoms with E-state index >= 15 is 0 Å². The predicted octanol–water partition coefficient (Wildman–Crippen LogP) is 4.73. The van der Waals surface area contributed by atoms with Crippen LogP contribution in [0.25, 0.3) is 11.0 Å². The molecule has 2 aromatic heterocycles. The van der Waals surface area contributed by atoms with Crippen LogP contribution in [0.1, 0.15) is 40.2 Å². The number of pyridine rings is 1. The molecule has 0 amide bonds. The number of fused-ring (bicyclic) bond motifs is 2. The third-order valence-corrected chi connectivity index (χ3v) is 6.31. The van der Waals surface area contributed by atoms with Crippen molar-refractivity contribution in [2.45, 2.75) is 57.6 Å². The number of nitrogens with one attached hydrogen (secondary N) is 1. The zero-order chi connectivity index (χ0) is 22.9. The molecule has 0 fully saturated rings. The van der Waals surface area contributed by atoms with E-state index in [4.69, 9.17) is 20.2 Å². The highest BCUT2D eigenvalue weighted by atomic mass is 32.2. The highest BCUT2D eigenvalue weighted by Crippen LogP contribution is 2.42. The number of nitrogens with two attached hydrogens (primary N) is 1. The second kappa shape index (κ2) is 9.19. The lowest BCUT2D eigenvalue weighted by Gasteiger charge is -2.19. The molecule has 3 aromatic rings. The van der Waals surface area contributed by atoms with Gasteiger partial charge in [0.2, 0.25) is 6.79 Å². The summed E-state index contributed by atoms with van der Waals surface area (Å²) in [6, 6.07) is 6.17. The Morgan fingerprint density at radius 3 is 2.69 bits per heavy atom. The maximum Gasteiger partial charge on any atom is 0.231 e. The molecule has 32 heavy (non-hydrogen) atoms. The second-order valence-electron chi connectivity index (χ2n) is 9.86. The molecular weight excluding hydrogens is 422 g/mol. The van der Waals surface area contributed by atoms with E-state index in [0.29, 0.717) is 11.7 Å². The van der Waals surface area contributed by atoms with Gasteiger partial charge in [-0.15, -0.1) is 0 Å². The van der Waals surface area contributed by atoms with Crippen LogP contribution in [0, 0.1) is 11.3 Å². The summed E-state index contributed by atoms with van der Waals surface area (Å²) < 4.78 is 13.5. The summed E-state index contributed by atoms with van der Waals surface area (Å²) in [5.74, 6) is 2.59. The predicted molar refractivity (Wildman–Crippen MR) is 129 cm³/mol. The Balaban J connectivity index is 1.67. The summed E-state index contributed by atoms with van der Waals surface area (Å²) in [4.78, 5) is 10.3. The molecule has 0 saturated heterocycles. The van der Waals surface area contributed by atoms with Crippen molar-refractivity contribution >= 4 is 28.6 Å². The molecule has 0 saturated carbocycles. The number of anilines is 1. The van der Waals surface area contributed by atoms with Crippen LogP contribution in [0.5, 0.6) is 11.5 Å². The lowest BCUT2D eigenvalue weighted by molar-refractivity contribution is 0.174. The first-order valence-corrected chi connectivity index (χ1v) is 11.9. The molecule has 8 heteroatoms. The number of ether oxygens (including phenoxy) is 2. The maximum absolute atomic E-state index is 6.16. The Bertz CT molecular complexity index is 1100. The quantitative estimate of drug-likeness (QED) is 0.475. The van der Waals surface area contributed by atoms with Crippen molar-refractivity contribution in [2.24, 2.45) is 11.3 Å². The molecule has 7 nitrogen and oxygen atoms in total. The van der Waals surface area contributed by atoms with E-state index in [1.165, 1.54) is 5.56 Å². The first-order valence-electron chi connectivity index (χ1n) is 11.1. The normalized spacial score (nSPS) is 13.4. The van der Waals surface area contributed by atoms with Gasteiger partial charge in [-0.3, -0.25) is 0 Å². The fraction of sp³-hybridized carbons (Fsp3) is 0.500. The Hall–Kier alpha value is -2.45. The summed E-state index contributed by atoms with van der Waals surface area (Å²) in [5, 5.41) is 4.47. The minimum atomic E-state index is 0.237. The van der Waals surface area contributed by atoms with Crippen molar-refractivity contribution in [3.8, 4) is 11.5 Å². The van der Waals surface area contributed by atoms with Crippen LogP contribution in [-0.4, -0.2) is 34.4 Å². The van der Waals surface area contributed by atoms with Gasteiger partial charge in [-0.25, -0.2) is 9.97 Å². The number of benzene rings is 1. The number of imidazole rings is 1. The van der Waals surface area contributed by atoms with Crippen molar-refractivity contribution < 1.29 is 9.47 Å². The van der Waals surface area contributed by atoms with Gasteiger partial charge < -0.3 is 25.1 Å². The number of nitrogen functional groups attached to an aromatic ring is 1. The fourth-order valence-corrected chi connectivity index (χ4v) is 4.83. The first-order chi connectivity index (χ1) is 15.2. The van der Waals surface area contributed by atoms with Crippen LogP contribution in [0.2, 0.25) is 0 Å². The molecular formula is C24H33N5O2S. The average molecular weight is 456 g/mol. The van der Waals surface area contributed by atoms with Crippen molar-refractivity contribution in [1.29, 1.82) is 0 Å². The van der Waals surface area contributed by atoms with E-state index < -0.39 is 0 Å². The highest BCUT2D eigenvalue weighted by molar-refractivity contribution is 7.99. The lowest BCUT2D eigenvalue weighted by Crippen LogP contribution is -2.29. The third-order valence-electron chi connectivity index (χ3n) is 5.21. The van der Waals surface area contributed by atoms with E-state index in [2.05, 4.69) is 61.6 Å². The van der Waals surface area contributed by atoms with Crippen LogP contribution in [0.4, 0.5) is 5.82 Å². The molecule has 1 aromatic carbocycles. The van der Waals surface area contributed by atoms with Crippen molar-refractivity contribution in [3.63, 3.8) is 0 Å². The highest BCUT2D eigenvalue weighted by Gasteiger charge is 2.21. The van der Waals surface area contributed by atoms with Crippen LogP contribution in [-0.2, 0) is 13.0 Å². The van der Waals surface area contributed by atoms with Gasteiger partial charge in [0.1, 0.15) is 5.52 Å². The molecule has 1 aliphatic rings. The second-order valence-corrected chi connectivity index (χ2v) is 10.9. The van der Waals surface area contributed by atoms with Crippen LogP contribution in [0.3, 0.4) is 0 Å². The van der Waals surface area contributed by atoms with E-state index in [9.17, 15) is 0 Å². The SMILES string of the molecule is CC(C)Cc1cc2c(cc1Sc1nc3c(N)nccc3n1CCNCC(C)(C)C)OCO2. The van der Waals surface area contributed by atoms with Gasteiger partial charge in [0.25, 0.3) is 0 Å². The molecule has 3 N–H and O–H groups in total. The summed E-state index contributed by atoms with van der Waals surface area (Å²) >= 11 is 1.65. The number of rotatable bonds is 8. The van der Waals surface area contributed by atoms with E-state index in [1.54, 1.807) is 18.0 Å². The van der Waals surface area contributed by atoms with Crippen LogP contribution >= 0.6 is 11.8 Å². The van der Waals surface area contributed by atoms with E-state index in [1.807, 2.05) is 6.07 Å². The minimum absolute atomic E-state index is 0.237. The Labute approximate surface area is 194 Å². The molecule has 0 atom stereocenters. The molecule has 0 spiro atoms.